The minimum absolute atomic E-state index is 0.768. The average Bonchev–Trinajstić information content (AvgIpc) is 3.28. The molecule has 2 atom stereocenters. The molecular formula is C16H25N3S. The van der Waals surface area contributed by atoms with E-state index in [1.807, 2.05) is 11.3 Å². The van der Waals surface area contributed by atoms with Gasteiger partial charge in [0.1, 0.15) is 0 Å². The Morgan fingerprint density at radius 3 is 2.65 bits per heavy atom. The maximum atomic E-state index is 4.98. The molecule has 1 aromatic rings. The summed E-state index contributed by atoms with van der Waals surface area (Å²) in [7, 11) is 2.22. The largest absolute Gasteiger partial charge is 0.351 e. The highest BCUT2D eigenvalue weighted by Gasteiger charge is 2.35. The van der Waals surface area contributed by atoms with Crippen LogP contribution in [0.4, 0.5) is 5.13 Å². The lowest BCUT2D eigenvalue weighted by Gasteiger charge is -2.15. The topological polar surface area (TPSA) is 28.2 Å². The number of hydrogen-bond donors (Lipinski definition) is 1. The lowest BCUT2D eigenvalue weighted by molar-refractivity contribution is 0.688. The third-order valence-electron chi connectivity index (χ3n) is 4.92. The molecule has 1 N–H and O–H groups in total. The fraction of sp³-hybridized carbons (Fsp3) is 0.812. The van der Waals surface area contributed by atoms with Crippen LogP contribution in [0.1, 0.15) is 55.5 Å². The molecule has 3 saturated carbocycles. The zero-order valence-corrected chi connectivity index (χ0v) is 13.4. The van der Waals surface area contributed by atoms with Gasteiger partial charge < -0.3 is 10.2 Å². The zero-order valence-electron chi connectivity index (χ0n) is 12.6. The van der Waals surface area contributed by atoms with Gasteiger partial charge in [-0.15, -0.1) is 11.3 Å². The van der Waals surface area contributed by atoms with Crippen molar-refractivity contribution in [2.75, 3.05) is 18.5 Å². The first-order valence-corrected chi connectivity index (χ1v) is 8.96. The Hall–Kier alpha value is -0.610. The normalized spacial score (nSPS) is 28.7. The molecule has 0 aromatic carbocycles. The Labute approximate surface area is 125 Å². The minimum Gasteiger partial charge on any atom is -0.351 e. The first-order chi connectivity index (χ1) is 9.70. The number of rotatable bonds is 7. The zero-order chi connectivity index (χ0) is 13.7. The van der Waals surface area contributed by atoms with Crippen molar-refractivity contribution in [1.29, 1.82) is 0 Å². The summed E-state index contributed by atoms with van der Waals surface area (Å²) < 4.78 is 0. The van der Waals surface area contributed by atoms with E-state index in [2.05, 4.69) is 24.2 Å². The number of nitrogens with one attached hydrogen (secondary N) is 1. The quantitative estimate of drug-likeness (QED) is 0.835. The number of anilines is 1. The van der Waals surface area contributed by atoms with Crippen molar-refractivity contribution < 1.29 is 0 Å². The van der Waals surface area contributed by atoms with Crippen molar-refractivity contribution in [2.45, 2.75) is 57.5 Å². The van der Waals surface area contributed by atoms with E-state index < -0.39 is 0 Å². The van der Waals surface area contributed by atoms with E-state index in [9.17, 15) is 0 Å². The molecule has 2 unspecified atom stereocenters. The Kier molecular flexibility index (Phi) is 3.26. The number of thiazole rings is 1. The molecule has 3 nitrogen and oxygen atoms in total. The molecule has 0 amide bonds. The van der Waals surface area contributed by atoms with E-state index >= 15 is 0 Å². The van der Waals surface area contributed by atoms with E-state index in [1.54, 1.807) is 0 Å². The molecule has 110 valence electrons. The molecule has 3 aliphatic carbocycles. The van der Waals surface area contributed by atoms with Crippen molar-refractivity contribution in [3.8, 4) is 0 Å². The highest BCUT2D eigenvalue weighted by Crippen LogP contribution is 2.45. The highest BCUT2D eigenvalue weighted by atomic mass is 32.1. The summed E-state index contributed by atoms with van der Waals surface area (Å²) >= 11 is 1.93. The molecule has 3 fully saturated rings. The minimum atomic E-state index is 0.768. The molecular weight excluding hydrogens is 266 g/mol. The Balaban J connectivity index is 1.45. The van der Waals surface area contributed by atoms with Crippen LogP contribution in [0.5, 0.6) is 0 Å². The fourth-order valence-electron chi connectivity index (χ4n) is 2.92. The summed E-state index contributed by atoms with van der Waals surface area (Å²) in [5.74, 6) is 2.60. The molecule has 0 radical (unpaired) electrons. The van der Waals surface area contributed by atoms with Crippen LogP contribution in [0, 0.1) is 11.8 Å². The van der Waals surface area contributed by atoms with Gasteiger partial charge >= 0.3 is 0 Å². The predicted octanol–water partition coefficient (Wildman–Crippen LogP) is 3.36. The SMILES string of the molecule is CC1CC1CN(C)c1nc(C2CC2)c(CNC2CC2)s1. The first-order valence-electron chi connectivity index (χ1n) is 8.15. The van der Waals surface area contributed by atoms with Gasteiger partial charge in [0.25, 0.3) is 0 Å². The van der Waals surface area contributed by atoms with Crippen LogP contribution in [-0.4, -0.2) is 24.6 Å². The Bertz CT molecular complexity index is 490. The third kappa shape index (κ3) is 2.86. The second-order valence-corrected chi connectivity index (χ2v) is 8.15. The molecule has 4 heteroatoms. The van der Waals surface area contributed by atoms with Crippen molar-refractivity contribution in [3.63, 3.8) is 0 Å². The van der Waals surface area contributed by atoms with Crippen LogP contribution in [0.15, 0.2) is 0 Å². The molecule has 1 aromatic heterocycles. The van der Waals surface area contributed by atoms with Gasteiger partial charge in [0.15, 0.2) is 5.13 Å². The van der Waals surface area contributed by atoms with E-state index in [-0.39, 0.29) is 0 Å². The second kappa shape index (κ2) is 4.99. The van der Waals surface area contributed by atoms with Crippen LogP contribution in [0.25, 0.3) is 0 Å². The van der Waals surface area contributed by atoms with Crippen LogP contribution in [0.3, 0.4) is 0 Å². The summed E-state index contributed by atoms with van der Waals surface area (Å²) in [6.07, 6.45) is 6.83. The van der Waals surface area contributed by atoms with Crippen molar-refractivity contribution in [2.24, 2.45) is 11.8 Å². The van der Waals surface area contributed by atoms with Gasteiger partial charge in [0.2, 0.25) is 0 Å². The van der Waals surface area contributed by atoms with Crippen LogP contribution in [0.2, 0.25) is 0 Å². The lowest BCUT2D eigenvalue weighted by atomic mass is 10.2. The molecule has 3 aliphatic rings. The van der Waals surface area contributed by atoms with Crippen molar-refractivity contribution in [3.05, 3.63) is 10.6 Å². The predicted molar refractivity (Wildman–Crippen MR) is 84.5 cm³/mol. The molecule has 0 spiro atoms. The first kappa shape index (κ1) is 13.1. The van der Waals surface area contributed by atoms with Gasteiger partial charge in [-0.25, -0.2) is 4.98 Å². The summed E-state index contributed by atoms with van der Waals surface area (Å²) in [5.41, 5.74) is 1.41. The highest BCUT2D eigenvalue weighted by molar-refractivity contribution is 7.15. The molecule has 0 bridgehead atoms. The lowest BCUT2D eigenvalue weighted by Crippen LogP contribution is -2.20. The standard InChI is InChI=1S/C16H25N3S/c1-10-7-12(10)9-19(2)16-18-15(11-3-4-11)14(20-16)8-17-13-5-6-13/h10-13,17H,3-9H2,1-2H3. The summed E-state index contributed by atoms with van der Waals surface area (Å²) in [4.78, 5) is 8.88. The van der Waals surface area contributed by atoms with Gasteiger partial charge in [-0.3, -0.25) is 0 Å². The van der Waals surface area contributed by atoms with Crippen molar-refractivity contribution >= 4 is 16.5 Å². The summed E-state index contributed by atoms with van der Waals surface area (Å²) in [5, 5.41) is 4.91. The summed E-state index contributed by atoms with van der Waals surface area (Å²) in [6, 6.07) is 0.789. The van der Waals surface area contributed by atoms with Crippen molar-refractivity contribution in [1.82, 2.24) is 10.3 Å². The smallest absolute Gasteiger partial charge is 0.185 e. The molecule has 4 rings (SSSR count). The summed E-state index contributed by atoms with van der Waals surface area (Å²) in [6.45, 7) is 4.59. The van der Waals surface area contributed by atoms with Gasteiger partial charge in [-0.05, 0) is 43.9 Å². The van der Waals surface area contributed by atoms with Crippen LogP contribution in [-0.2, 0) is 6.54 Å². The van der Waals surface area contributed by atoms with Gasteiger partial charge in [-0.1, -0.05) is 6.92 Å². The van der Waals surface area contributed by atoms with Gasteiger partial charge in [0, 0.05) is 37.0 Å². The number of hydrogen-bond acceptors (Lipinski definition) is 4. The van der Waals surface area contributed by atoms with Gasteiger partial charge in [0.05, 0.1) is 5.69 Å². The molecule has 20 heavy (non-hydrogen) atoms. The second-order valence-electron chi connectivity index (χ2n) is 7.09. The third-order valence-corrected chi connectivity index (χ3v) is 6.11. The number of nitrogens with zero attached hydrogens (tertiary/aromatic N) is 2. The molecule has 0 aliphatic heterocycles. The molecule has 0 saturated heterocycles. The number of aromatic nitrogens is 1. The molecule has 1 heterocycles. The Morgan fingerprint density at radius 2 is 2.05 bits per heavy atom. The van der Waals surface area contributed by atoms with E-state index in [0.717, 1.165) is 30.3 Å². The maximum Gasteiger partial charge on any atom is 0.185 e. The van der Waals surface area contributed by atoms with Gasteiger partial charge in [-0.2, -0.15) is 0 Å². The van der Waals surface area contributed by atoms with E-state index in [4.69, 9.17) is 4.98 Å². The van der Waals surface area contributed by atoms with Crippen LogP contribution < -0.4 is 10.2 Å². The Morgan fingerprint density at radius 1 is 1.30 bits per heavy atom. The monoisotopic (exact) mass is 291 g/mol. The maximum absolute atomic E-state index is 4.98. The van der Waals surface area contributed by atoms with E-state index in [0.29, 0.717) is 0 Å². The average molecular weight is 291 g/mol. The fourth-order valence-corrected chi connectivity index (χ4v) is 3.99. The van der Waals surface area contributed by atoms with E-state index in [1.165, 1.54) is 54.4 Å². The van der Waals surface area contributed by atoms with Crippen LogP contribution >= 0.6 is 11.3 Å².